The monoisotopic (exact) mass is 509 g/mol. The third-order valence-corrected chi connectivity index (χ3v) is 6.90. The van der Waals surface area contributed by atoms with Crippen molar-refractivity contribution in [2.24, 2.45) is 5.92 Å². The Morgan fingerprint density at radius 1 is 1.09 bits per heavy atom. The Hall–Kier alpha value is -2.60. The number of aromatic nitrogens is 1. The molecule has 6 heteroatoms. The van der Waals surface area contributed by atoms with E-state index in [-0.39, 0.29) is 5.91 Å². The number of pyridine rings is 1. The molecule has 0 spiro atoms. The Morgan fingerprint density at radius 3 is 2.64 bits per heavy atom. The van der Waals surface area contributed by atoms with Gasteiger partial charge in [-0.3, -0.25) is 4.79 Å². The van der Waals surface area contributed by atoms with Crippen molar-refractivity contribution in [3.05, 3.63) is 64.1 Å². The van der Waals surface area contributed by atoms with Gasteiger partial charge in [-0.1, -0.05) is 47.3 Å². The van der Waals surface area contributed by atoms with Gasteiger partial charge in [-0.05, 0) is 72.7 Å². The van der Waals surface area contributed by atoms with Crippen molar-refractivity contribution in [1.82, 2.24) is 10.3 Å². The van der Waals surface area contributed by atoms with Gasteiger partial charge in [0, 0.05) is 29.4 Å². The Bertz CT molecular complexity index is 1080. The van der Waals surface area contributed by atoms with Gasteiger partial charge < -0.3 is 15.4 Å². The maximum Gasteiger partial charge on any atom is 0.220 e. The Labute approximate surface area is 204 Å². The summed E-state index contributed by atoms with van der Waals surface area (Å²) < 4.78 is 6.27. The molecule has 1 aliphatic rings. The van der Waals surface area contributed by atoms with Gasteiger partial charge in [0.2, 0.25) is 5.91 Å². The Kier molecular flexibility index (Phi) is 8.21. The summed E-state index contributed by atoms with van der Waals surface area (Å²) in [7, 11) is 1.67. The molecular formula is C27H32BrN3O2. The van der Waals surface area contributed by atoms with Crippen molar-refractivity contribution in [1.29, 1.82) is 0 Å². The van der Waals surface area contributed by atoms with E-state index in [1.807, 2.05) is 36.4 Å². The number of anilines is 1. The minimum absolute atomic E-state index is 0.121. The summed E-state index contributed by atoms with van der Waals surface area (Å²) in [5.41, 5.74) is 3.13. The number of aryl methyl sites for hydroxylation is 1. The van der Waals surface area contributed by atoms with Gasteiger partial charge in [0.05, 0.1) is 12.6 Å². The lowest BCUT2D eigenvalue weighted by atomic mass is 9.89. The number of carbonyl (C=O) groups is 1. The lowest BCUT2D eigenvalue weighted by Crippen LogP contribution is -2.30. The van der Waals surface area contributed by atoms with Gasteiger partial charge in [-0.15, -0.1) is 0 Å². The summed E-state index contributed by atoms with van der Waals surface area (Å²) in [5.74, 6) is 2.44. The number of amides is 1. The van der Waals surface area contributed by atoms with Crippen LogP contribution in [0.25, 0.3) is 10.9 Å². The summed E-state index contributed by atoms with van der Waals surface area (Å²) in [4.78, 5) is 17.4. The van der Waals surface area contributed by atoms with E-state index in [0.717, 1.165) is 44.6 Å². The number of nitrogens with one attached hydrogen (secondary N) is 2. The summed E-state index contributed by atoms with van der Waals surface area (Å²) in [5, 5.41) is 7.71. The van der Waals surface area contributed by atoms with Crippen LogP contribution in [0, 0.1) is 5.92 Å². The fourth-order valence-electron chi connectivity index (χ4n) is 4.45. The number of carbonyl (C=O) groups excluding carboxylic acids is 1. The molecule has 0 aliphatic heterocycles. The van der Waals surface area contributed by atoms with Crippen LogP contribution in [0.3, 0.4) is 0 Å². The maximum absolute atomic E-state index is 12.6. The SMILES string of the molecule is COc1ccc(CNc2nc3ccc(Br)cc3cc2CCC(=O)NCC2CCCCC2)cc1. The summed E-state index contributed by atoms with van der Waals surface area (Å²) in [6.45, 7) is 1.46. The van der Waals surface area contributed by atoms with E-state index >= 15 is 0 Å². The molecule has 0 unspecified atom stereocenters. The largest absolute Gasteiger partial charge is 0.497 e. The average Bonchev–Trinajstić information content (AvgIpc) is 2.85. The maximum atomic E-state index is 12.6. The Morgan fingerprint density at radius 2 is 1.88 bits per heavy atom. The van der Waals surface area contributed by atoms with Crippen LogP contribution in [0.4, 0.5) is 5.82 Å². The highest BCUT2D eigenvalue weighted by Gasteiger charge is 2.15. The van der Waals surface area contributed by atoms with Crippen molar-refractivity contribution < 1.29 is 9.53 Å². The highest BCUT2D eigenvalue weighted by Crippen LogP contribution is 2.26. The summed E-state index contributed by atoms with van der Waals surface area (Å²) in [6, 6.07) is 16.2. The molecule has 4 rings (SSSR count). The number of hydrogen-bond donors (Lipinski definition) is 2. The molecule has 1 saturated carbocycles. The second-order valence-electron chi connectivity index (χ2n) is 8.84. The van der Waals surface area contributed by atoms with Gasteiger partial charge in [0.1, 0.15) is 11.6 Å². The van der Waals surface area contributed by atoms with Crippen molar-refractivity contribution in [2.45, 2.75) is 51.5 Å². The zero-order valence-electron chi connectivity index (χ0n) is 19.2. The highest BCUT2D eigenvalue weighted by molar-refractivity contribution is 9.10. The number of methoxy groups -OCH3 is 1. The first-order chi connectivity index (χ1) is 16.1. The number of ether oxygens (including phenoxy) is 1. The highest BCUT2D eigenvalue weighted by atomic mass is 79.9. The van der Waals surface area contributed by atoms with E-state index < -0.39 is 0 Å². The smallest absolute Gasteiger partial charge is 0.220 e. The predicted molar refractivity (Wildman–Crippen MR) is 138 cm³/mol. The predicted octanol–water partition coefficient (Wildman–Crippen LogP) is 6.25. The molecule has 33 heavy (non-hydrogen) atoms. The molecule has 2 aromatic carbocycles. The minimum Gasteiger partial charge on any atom is -0.497 e. The molecule has 1 aromatic heterocycles. The molecular weight excluding hydrogens is 478 g/mol. The van der Waals surface area contributed by atoms with E-state index in [9.17, 15) is 4.79 Å². The van der Waals surface area contributed by atoms with E-state index in [2.05, 4.69) is 38.7 Å². The lowest BCUT2D eigenvalue weighted by Gasteiger charge is -2.21. The molecule has 1 heterocycles. The standard InChI is InChI=1S/C27H32BrN3O2/c1-33-24-11-7-20(8-12-24)18-30-27-21(15-22-16-23(28)10-13-25(22)31-27)9-14-26(32)29-17-19-5-3-2-4-6-19/h7-8,10-13,15-16,19H,2-6,9,14,17-18H2,1H3,(H,29,32)(H,30,31). The van der Waals surface area contributed by atoms with Crippen molar-refractivity contribution in [2.75, 3.05) is 19.0 Å². The van der Waals surface area contributed by atoms with E-state index in [1.165, 1.54) is 32.1 Å². The molecule has 2 N–H and O–H groups in total. The molecule has 5 nitrogen and oxygen atoms in total. The Balaban J connectivity index is 1.43. The van der Waals surface area contributed by atoms with Crippen LogP contribution in [0.5, 0.6) is 5.75 Å². The zero-order chi connectivity index (χ0) is 23.0. The molecule has 0 atom stereocenters. The van der Waals surface area contributed by atoms with Crippen LogP contribution in [0.1, 0.15) is 49.7 Å². The topological polar surface area (TPSA) is 63.2 Å². The third kappa shape index (κ3) is 6.70. The quantitative estimate of drug-likeness (QED) is 0.357. The van der Waals surface area contributed by atoms with Gasteiger partial charge >= 0.3 is 0 Å². The number of rotatable bonds is 9. The molecule has 1 aliphatic carbocycles. The molecule has 1 amide bonds. The molecule has 1 fully saturated rings. The molecule has 3 aromatic rings. The van der Waals surface area contributed by atoms with E-state index in [0.29, 0.717) is 25.3 Å². The molecule has 0 radical (unpaired) electrons. The van der Waals surface area contributed by atoms with E-state index in [1.54, 1.807) is 7.11 Å². The number of nitrogens with zero attached hydrogens (tertiary/aromatic N) is 1. The second-order valence-corrected chi connectivity index (χ2v) is 9.76. The van der Waals surface area contributed by atoms with Crippen LogP contribution in [-0.2, 0) is 17.8 Å². The van der Waals surface area contributed by atoms with Crippen molar-refractivity contribution in [3.8, 4) is 5.75 Å². The molecule has 174 valence electrons. The first-order valence-electron chi connectivity index (χ1n) is 11.8. The normalized spacial score (nSPS) is 14.2. The van der Waals surface area contributed by atoms with Crippen LogP contribution in [0.2, 0.25) is 0 Å². The lowest BCUT2D eigenvalue weighted by molar-refractivity contribution is -0.121. The van der Waals surface area contributed by atoms with Gasteiger partial charge in [0.15, 0.2) is 0 Å². The first-order valence-corrected chi connectivity index (χ1v) is 12.6. The molecule has 0 saturated heterocycles. The van der Waals surface area contributed by atoms with Crippen LogP contribution in [-0.4, -0.2) is 24.5 Å². The number of benzene rings is 2. The number of halogens is 1. The number of hydrogen-bond acceptors (Lipinski definition) is 4. The van der Waals surface area contributed by atoms with Crippen LogP contribution >= 0.6 is 15.9 Å². The average molecular weight is 510 g/mol. The summed E-state index contributed by atoms with van der Waals surface area (Å²) >= 11 is 3.55. The fourth-order valence-corrected chi connectivity index (χ4v) is 4.83. The molecule has 0 bridgehead atoms. The van der Waals surface area contributed by atoms with Gasteiger partial charge in [0.25, 0.3) is 0 Å². The van der Waals surface area contributed by atoms with Crippen molar-refractivity contribution in [3.63, 3.8) is 0 Å². The summed E-state index contributed by atoms with van der Waals surface area (Å²) in [6.07, 6.45) is 7.51. The zero-order valence-corrected chi connectivity index (χ0v) is 20.8. The third-order valence-electron chi connectivity index (χ3n) is 6.41. The minimum atomic E-state index is 0.121. The van der Waals surface area contributed by atoms with Crippen LogP contribution in [0.15, 0.2) is 53.0 Å². The van der Waals surface area contributed by atoms with Gasteiger partial charge in [-0.2, -0.15) is 0 Å². The van der Waals surface area contributed by atoms with Crippen LogP contribution < -0.4 is 15.4 Å². The number of fused-ring (bicyclic) bond motifs is 1. The first kappa shape index (κ1) is 23.6. The van der Waals surface area contributed by atoms with Gasteiger partial charge in [-0.25, -0.2) is 4.98 Å². The van der Waals surface area contributed by atoms with E-state index in [4.69, 9.17) is 9.72 Å². The fraction of sp³-hybridized carbons (Fsp3) is 0.407. The van der Waals surface area contributed by atoms with Crippen molar-refractivity contribution >= 4 is 38.6 Å². The second kappa shape index (κ2) is 11.5.